The topological polar surface area (TPSA) is 36.7 Å². The highest BCUT2D eigenvalue weighted by Crippen LogP contribution is 2.38. The highest BCUT2D eigenvalue weighted by Gasteiger charge is 2.12. The van der Waals surface area contributed by atoms with Crippen molar-refractivity contribution in [3.63, 3.8) is 0 Å². The summed E-state index contributed by atoms with van der Waals surface area (Å²) < 4.78 is 0. The van der Waals surface area contributed by atoms with Gasteiger partial charge in [0.1, 0.15) is 11.8 Å². The number of pyridine rings is 1. The Labute approximate surface area is 151 Å². The van der Waals surface area contributed by atoms with Crippen LogP contribution in [0.1, 0.15) is 35.2 Å². The Morgan fingerprint density at radius 3 is 2.79 bits per heavy atom. The first-order valence-corrected chi connectivity index (χ1v) is 9.04. The van der Waals surface area contributed by atoms with Crippen LogP contribution in [0.15, 0.2) is 53.6 Å². The quantitative estimate of drug-likeness (QED) is 0.689. The summed E-state index contributed by atoms with van der Waals surface area (Å²) >= 11 is 8.12. The number of halogens is 1. The van der Waals surface area contributed by atoms with E-state index in [1.165, 1.54) is 15.4 Å². The third kappa shape index (κ3) is 4.08. The second-order valence-electron chi connectivity index (χ2n) is 5.73. The Kier molecular flexibility index (Phi) is 5.40. The van der Waals surface area contributed by atoms with E-state index in [0.717, 1.165) is 35.4 Å². The summed E-state index contributed by atoms with van der Waals surface area (Å²) in [6.07, 6.45) is 9.19. The van der Waals surface area contributed by atoms with Crippen LogP contribution >= 0.6 is 23.4 Å². The third-order valence-corrected chi connectivity index (χ3v) is 5.40. The van der Waals surface area contributed by atoms with Crippen molar-refractivity contribution in [1.82, 2.24) is 4.98 Å². The number of rotatable bonds is 3. The Balaban J connectivity index is 1.81. The highest BCUT2D eigenvalue weighted by atomic mass is 35.5. The summed E-state index contributed by atoms with van der Waals surface area (Å²) in [4.78, 5) is 6.68. The largest absolute Gasteiger partial charge is 0.245 e. The number of nitrogens with zero attached hydrogens (tertiary/aromatic N) is 2. The predicted octanol–water partition coefficient (Wildman–Crippen LogP) is 5.91. The molecule has 0 unspecified atom stereocenters. The lowest BCUT2D eigenvalue weighted by Gasteiger charge is -2.11. The van der Waals surface area contributed by atoms with Crippen LogP contribution in [0, 0.1) is 18.3 Å². The van der Waals surface area contributed by atoms with Gasteiger partial charge in [-0.25, -0.2) is 4.98 Å². The van der Waals surface area contributed by atoms with Crippen molar-refractivity contribution < 1.29 is 0 Å². The average molecular weight is 353 g/mol. The molecule has 0 saturated heterocycles. The minimum Gasteiger partial charge on any atom is -0.245 e. The Hall–Kier alpha value is -2.02. The molecule has 0 N–H and O–H groups in total. The molecule has 1 aromatic heterocycles. The van der Waals surface area contributed by atoms with Gasteiger partial charge in [0.25, 0.3) is 0 Å². The van der Waals surface area contributed by atoms with Crippen LogP contribution < -0.4 is 0 Å². The van der Waals surface area contributed by atoms with Gasteiger partial charge in [-0.1, -0.05) is 53.2 Å². The monoisotopic (exact) mass is 352 g/mol. The summed E-state index contributed by atoms with van der Waals surface area (Å²) in [6, 6.07) is 11.9. The third-order valence-electron chi connectivity index (χ3n) is 3.84. The second kappa shape index (κ2) is 7.70. The molecule has 0 fully saturated rings. The van der Waals surface area contributed by atoms with Crippen molar-refractivity contribution in [2.45, 2.75) is 26.2 Å². The van der Waals surface area contributed by atoms with E-state index >= 15 is 0 Å². The van der Waals surface area contributed by atoms with Gasteiger partial charge in [-0.05, 0) is 48.4 Å². The van der Waals surface area contributed by atoms with Crippen LogP contribution in [0.3, 0.4) is 0 Å². The molecular weight excluding hydrogens is 336 g/mol. The van der Waals surface area contributed by atoms with E-state index < -0.39 is 0 Å². The molecular formula is C20H17ClN2S. The highest BCUT2D eigenvalue weighted by molar-refractivity contribution is 8.11. The molecule has 24 heavy (non-hydrogen) atoms. The zero-order valence-corrected chi connectivity index (χ0v) is 15.0. The molecule has 4 heteroatoms. The van der Waals surface area contributed by atoms with E-state index in [4.69, 9.17) is 16.9 Å². The standard InChI is InChI=1S/C20H17ClN2S/c1-14-6-9-19(21)16(10-14)11-18-4-2-3-5-20(24-18)15-7-8-17(12-22)23-13-15/h4-10,13H,2-3,11H2,1H3. The van der Waals surface area contributed by atoms with Crippen molar-refractivity contribution in [3.8, 4) is 6.07 Å². The normalized spacial score (nSPS) is 14.4. The Morgan fingerprint density at radius 1 is 1.21 bits per heavy atom. The van der Waals surface area contributed by atoms with Gasteiger partial charge in [0.2, 0.25) is 0 Å². The van der Waals surface area contributed by atoms with Crippen molar-refractivity contribution >= 4 is 28.3 Å². The van der Waals surface area contributed by atoms with E-state index in [0.29, 0.717) is 5.69 Å². The average Bonchev–Trinajstić information content (AvgIpc) is 2.84. The number of nitriles is 1. The number of hydrogen-bond acceptors (Lipinski definition) is 3. The Bertz CT molecular complexity index is 845. The summed E-state index contributed by atoms with van der Waals surface area (Å²) in [7, 11) is 0. The first-order valence-electron chi connectivity index (χ1n) is 7.84. The number of thioether (sulfide) groups is 1. The lowest BCUT2D eigenvalue weighted by Crippen LogP contribution is -1.91. The van der Waals surface area contributed by atoms with Crippen molar-refractivity contribution in [2.75, 3.05) is 0 Å². The van der Waals surface area contributed by atoms with E-state index in [1.54, 1.807) is 24.0 Å². The maximum Gasteiger partial charge on any atom is 0.140 e. The van der Waals surface area contributed by atoms with Gasteiger partial charge in [0, 0.05) is 28.1 Å². The predicted molar refractivity (Wildman–Crippen MR) is 102 cm³/mol. The molecule has 0 amide bonds. The van der Waals surface area contributed by atoms with Crippen LogP contribution in [0.2, 0.25) is 5.02 Å². The fourth-order valence-corrected chi connectivity index (χ4v) is 3.94. The molecule has 1 aromatic carbocycles. The van der Waals surface area contributed by atoms with Crippen LogP contribution in [0.25, 0.3) is 4.91 Å². The maximum absolute atomic E-state index is 8.88. The van der Waals surface area contributed by atoms with Gasteiger partial charge in [-0.15, -0.1) is 0 Å². The van der Waals surface area contributed by atoms with Gasteiger partial charge in [-0.3, -0.25) is 0 Å². The van der Waals surface area contributed by atoms with Crippen LogP contribution in [-0.4, -0.2) is 4.98 Å². The molecule has 0 radical (unpaired) electrons. The zero-order chi connectivity index (χ0) is 16.9. The number of hydrogen-bond donors (Lipinski definition) is 0. The van der Waals surface area contributed by atoms with E-state index in [9.17, 15) is 0 Å². The number of allylic oxidation sites excluding steroid dienone is 3. The lowest BCUT2D eigenvalue weighted by molar-refractivity contribution is 1.04. The number of aromatic nitrogens is 1. The molecule has 1 aliphatic heterocycles. The van der Waals surface area contributed by atoms with Crippen molar-refractivity contribution in [3.05, 3.63) is 81.0 Å². The van der Waals surface area contributed by atoms with Gasteiger partial charge in [0.15, 0.2) is 0 Å². The summed E-state index contributed by atoms with van der Waals surface area (Å²) in [5, 5.41) is 9.70. The smallest absolute Gasteiger partial charge is 0.140 e. The zero-order valence-electron chi connectivity index (χ0n) is 13.4. The number of benzene rings is 1. The molecule has 1 aliphatic rings. The van der Waals surface area contributed by atoms with Crippen LogP contribution in [0.5, 0.6) is 0 Å². The molecule has 2 aromatic rings. The first-order chi connectivity index (χ1) is 11.7. The van der Waals surface area contributed by atoms with Gasteiger partial charge in [0.05, 0.1) is 0 Å². The van der Waals surface area contributed by atoms with E-state index in [1.807, 2.05) is 18.2 Å². The van der Waals surface area contributed by atoms with Crippen molar-refractivity contribution in [1.29, 1.82) is 5.26 Å². The summed E-state index contributed by atoms with van der Waals surface area (Å²) in [5.41, 5.74) is 3.89. The minimum absolute atomic E-state index is 0.445. The number of aryl methyl sites for hydroxylation is 1. The minimum atomic E-state index is 0.445. The molecule has 3 rings (SSSR count). The van der Waals surface area contributed by atoms with E-state index in [2.05, 4.69) is 36.2 Å². The molecule has 2 heterocycles. The maximum atomic E-state index is 8.88. The van der Waals surface area contributed by atoms with E-state index in [-0.39, 0.29) is 0 Å². The lowest BCUT2D eigenvalue weighted by atomic mass is 10.1. The summed E-state index contributed by atoms with van der Waals surface area (Å²) in [5.74, 6) is 0. The Morgan fingerprint density at radius 2 is 2.04 bits per heavy atom. The molecule has 0 spiro atoms. The van der Waals surface area contributed by atoms with Crippen molar-refractivity contribution in [2.24, 2.45) is 0 Å². The van der Waals surface area contributed by atoms with Crippen LogP contribution in [-0.2, 0) is 6.42 Å². The fraction of sp³-hybridized carbons (Fsp3) is 0.200. The molecule has 2 nitrogen and oxygen atoms in total. The van der Waals surface area contributed by atoms with Crippen LogP contribution in [0.4, 0.5) is 0 Å². The molecule has 0 saturated carbocycles. The molecule has 0 bridgehead atoms. The summed E-state index contributed by atoms with van der Waals surface area (Å²) in [6.45, 7) is 2.09. The molecule has 0 atom stereocenters. The van der Waals surface area contributed by atoms with Gasteiger partial charge >= 0.3 is 0 Å². The molecule has 120 valence electrons. The fourth-order valence-electron chi connectivity index (χ4n) is 2.60. The molecule has 0 aliphatic carbocycles. The van der Waals surface area contributed by atoms with Gasteiger partial charge < -0.3 is 0 Å². The SMILES string of the molecule is Cc1ccc(Cl)c(CC2=CCCC=C(c3ccc(C#N)nc3)S2)c1. The van der Waals surface area contributed by atoms with Gasteiger partial charge in [-0.2, -0.15) is 5.26 Å². The first kappa shape index (κ1) is 16.8. The second-order valence-corrected chi connectivity index (χ2v) is 7.31.